The fraction of sp³-hybridized carbons (Fsp3) is 0.211. The monoisotopic (exact) mass is 1070 g/mol. The Bertz CT molecular complexity index is 3640. The maximum atomic E-state index is 7.00. The van der Waals surface area contributed by atoms with E-state index in [1.54, 1.807) is 0 Å². The van der Waals surface area contributed by atoms with Crippen molar-refractivity contribution in [2.45, 2.75) is 89.6 Å². The molecule has 0 radical (unpaired) electrons. The van der Waals surface area contributed by atoms with Crippen molar-refractivity contribution in [1.29, 1.82) is 0 Å². The van der Waals surface area contributed by atoms with Crippen molar-refractivity contribution in [3.05, 3.63) is 295 Å². The van der Waals surface area contributed by atoms with Gasteiger partial charge in [-0.3, -0.25) is 0 Å². The van der Waals surface area contributed by atoms with E-state index in [0.717, 1.165) is 105 Å². The molecule has 6 aliphatic carbocycles. The molecule has 0 spiro atoms. The summed E-state index contributed by atoms with van der Waals surface area (Å²) in [6.45, 7) is 6.85. The van der Waals surface area contributed by atoms with Crippen molar-refractivity contribution in [3.8, 4) is 56.8 Å². The van der Waals surface area contributed by atoms with Crippen molar-refractivity contribution >= 4 is 0 Å². The predicted octanol–water partition coefficient (Wildman–Crippen LogP) is 18.0. The summed E-state index contributed by atoms with van der Waals surface area (Å²) in [5, 5.41) is 0. The van der Waals surface area contributed by atoms with Gasteiger partial charge in [-0.05, 0) is 175 Å². The molecule has 0 unspecified atom stereocenters. The van der Waals surface area contributed by atoms with Gasteiger partial charge in [-0.25, -0.2) is 0 Å². The van der Waals surface area contributed by atoms with Gasteiger partial charge < -0.3 is 28.4 Å². The van der Waals surface area contributed by atoms with E-state index in [1.165, 1.54) is 66.8 Å². The Morgan fingerprint density at radius 3 is 0.854 bits per heavy atom. The molecule has 7 aliphatic rings. The third kappa shape index (κ3) is 8.79. The highest BCUT2D eigenvalue weighted by Gasteiger charge is 2.43. The van der Waals surface area contributed by atoms with Crippen LogP contribution in [0.1, 0.15) is 152 Å². The summed E-state index contributed by atoms with van der Waals surface area (Å²) in [6.07, 6.45) is 3.91. The van der Waals surface area contributed by atoms with Crippen LogP contribution in [0, 0.1) is 0 Å². The van der Waals surface area contributed by atoms with E-state index in [-0.39, 0.29) is 23.7 Å². The van der Waals surface area contributed by atoms with Crippen LogP contribution in [0.3, 0.4) is 0 Å². The highest BCUT2D eigenvalue weighted by Crippen LogP contribution is 2.59. The van der Waals surface area contributed by atoms with Crippen LogP contribution < -0.4 is 28.4 Å². The first-order chi connectivity index (χ1) is 40.6. The highest BCUT2D eigenvalue weighted by molar-refractivity contribution is 5.73. The Morgan fingerprint density at radius 2 is 0.561 bits per heavy atom. The molecule has 1 heterocycles. The second-order valence-corrected chi connectivity index (χ2v) is 22.7. The molecule has 6 nitrogen and oxygen atoms in total. The van der Waals surface area contributed by atoms with Crippen molar-refractivity contribution in [2.24, 2.45) is 0 Å². The molecule has 10 aromatic rings. The lowest BCUT2D eigenvalue weighted by Crippen LogP contribution is -2.27. The molecular weight excluding hydrogens is 1010 g/mol. The van der Waals surface area contributed by atoms with Gasteiger partial charge in [0.15, 0.2) is 0 Å². The molecule has 17 rings (SSSR count). The summed E-state index contributed by atoms with van der Waals surface area (Å²) in [5.41, 5.74) is 24.1. The van der Waals surface area contributed by atoms with Crippen molar-refractivity contribution < 1.29 is 28.4 Å². The summed E-state index contributed by atoms with van der Waals surface area (Å²) in [7, 11) is 0. The molecule has 0 atom stereocenters. The van der Waals surface area contributed by atoms with Crippen molar-refractivity contribution in [2.75, 3.05) is 13.2 Å². The second kappa shape index (κ2) is 21.1. The number of hydrogen-bond acceptors (Lipinski definition) is 6. The van der Waals surface area contributed by atoms with Gasteiger partial charge in [-0.2, -0.15) is 0 Å². The minimum absolute atomic E-state index is 0.00393. The van der Waals surface area contributed by atoms with Crippen LogP contribution in [-0.2, 0) is 26.4 Å². The second-order valence-electron chi connectivity index (χ2n) is 22.7. The fourth-order valence-corrected chi connectivity index (χ4v) is 13.9. The molecule has 0 saturated heterocycles. The molecule has 0 saturated carbocycles. The van der Waals surface area contributed by atoms with E-state index in [2.05, 4.69) is 220 Å². The lowest BCUT2D eigenvalue weighted by molar-refractivity contribution is 0.260. The topological polar surface area (TPSA) is 55.4 Å². The molecule has 1 aliphatic heterocycles. The first-order valence-electron chi connectivity index (χ1n) is 29.5. The molecule has 6 heteroatoms. The minimum Gasteiger partial charge on any atom is -0.493 e. The maximum Gasteiger partial charge on any atom is 0.132 e. The van der Waals surface area contributed by atoms with Crippen LogP contribution in [-0.4, -0.2) is 13.2 Å². The zero-order valence-electron chi connectivity index (χ0n) is 46.5. The largest absolute Gasteiger partial charge is 0.493 e. The molecule has 10 aromatic carbocycles. The van der Waals surface area contributed by atoms with Crippen LogP contribution in [0.4, 0.5) is 0 Å². The molecule has 404 valence electrons. The number of rotatable bonds is 10. The van der Waals surface area contributed by atoms with E-state index < -0.39 is 0 Å². The van der Waals surface area contributed by atoms with E-state index >= 15 is 0 Å². The Kier molecular flexibility index (Phi) is 12.9. The maximum absolute atomic E-state index is 7.00. The predicted molar refractivity (Wildman–Crippen MR) is 324 cm³/mol. The zero-order chi connectivity index (χ0) is 54.7. The average Bonchev–Trinajstić information content (AvgIpc) is 2.08. The number of unbranched alkanes of at least 4 members (excludes halogenated alkanes) is 2. The number of hydrogen-bond donors (Lipinski definition) is 0. The number of ether oxygens (including phenoxy) is 6. The van der Waals surface area contributed by atoms with Gasteiger partial charge in [-0.15, -0.1) is 0 Å². The summed E-state index contributed by atoms with van der Waals surface area (Å²) in [4.78, 5) is 0. The van der Waals surface area contributed by atoms with Crippen molar-refractivity contribution in [3.63, 3.8) is 0 Å². The molecular formula is C76H64O6. The first-order valence-corrected chi connectivity index (χ1v) is 29.5. The molecule has 0 aromatic heterocycles. The molecule has 82 heavy (non-hydrogen) atoms. The van der Waals surface area contributed by atoms with E-state index in [1.807, 2.05) is 0 Å². The standard InChI is InChI=1S/C76H64O6/c1-3-5-33-77-75-51-35-49(47-17-9-7-10-18-47)36-52(75)44-80-56-26-30-64-68(40-56)74-62-24-16-14-22-60(62)72(64)66-32-28-58(42-70(66)74)82-46-54-38-50(48-19-11-8-12-20-48)37-53(76(54)78-34-6-4-2)45-81-57-27-31-65-69(41-57)73-61-23-15-13-21-59(61)71(65)63-29-25-55(79-43-51)39-67(63)73/h7-32,35-42,71-74H,3-6,33-34,43-46H2,1-2H3. The third-order valence-corrected chi connectivity index (χ3v) is 17.7. The minimum atomic E-state index is -0.00393. The summed E-state index contributed by atoms with van der Waals surface area (Å²) >= 11 is 0. The first kappa shape index (κ1) is 50.0. The lowest BCUT2D eigenvalue weighted by atomic mass is 9.61. The Morgan fingerprint density at radius 1 is 0.293 bits per heavy atom. The molecule has 0 amide bonds. The highest BCUT2D eigenvalue weighted by atomic mass is 16.5. The van der Waals surface area contributed by atoms with Gasteiger partial charge >= 0.3 is 0 Å². The van der Waals surface area contributed by atoms with Crippen LogP contribution in [0.15, 0.2) is 206 Å². The van der Waals surface area contributed by atoms with Gasteiger partial charge in [0.25, 0.3) is 0 Å². The normalized spacial score (nSPS) is 17.4. The third-order valence-electron chi connectivity index (χ3n) is 17.7. The average molecular weight is 1070 g/mol. The van der Waals surface area contributed by atoms with E-state index in [0.29, 0.717) is 39.6 Å². The van der Waals surface area contributed by atoms with Crippen molar-refractivity contribution in [1.82, 2.24) is 0 Å². The van der Waals surface area contributed by atoms with E-state index in [4.69, 9.17) is 28.4 Å². The molecule has 16 bridgehead atoms. The fourth-order valence-electron chi connectivity index (χ4n) is 13.9. The summed E-state index contributed by atoms with van der Waals surface area (Å²) in [6, 6.07) is 75.1. The van der Waals surface area contributed by atoms with Crippen LogP contribution in [0.2, 0.25) is 0 Å². The lowest BCUT2D eigenvalue weighted by Gasteiger charge is -2.42. The van der Waals surface area contributed by atoms with Crippen LogP contribution in [0.25, 0.3) is 22.3 Å². The number of fused-ring (bicyclic) bond motifs is 8. The summed E-state index contributed by atoms with van der Waals surface area (Å²) in [5.74, 6) is 5.09. The van der Waals surface area contributed by atoms with E-state index in [9.17, 15) is 0 Å². The van der Waals surface area contributed by atoms with Gasteiger partial charge in [0.2, 0.25) is 0 Å². The van der Waals surface area contributed by atoms with Crippen LogP contribution >= 0.6 is 0 Å². The Balaban J connectivity index is 0.876. The Hall–Kier alpha value is -9.00. The van der Waals surface area contributed by atoms with Gasteiger partial charge in [0, 0.05) is 45.9 Å². The molecule has 0 N–H and O–H groups in total. The van der Waals surface area contributed by atoms with Gasteiger partial charge in [0.1, 0.15) is 60.9 Å². The van der Waals surface area contributed by atoms with Crippen LogP contribution in [0.5, 0.6) is 34.5 Å². The SMILES string of the molecule is CCCCOc1c2cc(-c3ccccc3)cc1COc1ccc3c(c1)C1c4ccccc4C3c3ccc(cc31)OCc1cc(-c3ccccc3)cc(c1OCCCC)COc1ccc3c(c1)C1c4ccccc4C3c3ccc(cc31)OC2. The number of benzene rings is 10. The molecule has 0 fully saturated rings. The smallest absolute Gasteiger partial charge is 0.132 e. The van der Waals surface area contributed by atoms with Gasteiger partial charge in [-0.1, -0.05) is 160 Å². The van der Waals surface area contributed by atoms with Gasteiger partial charge in [0.05, 0.1) is 13.2 Å². The Labute approximate surface area is 480 Å². The quantitative estimate of drug-likeness (QED) is 0.127. The summed E-state index contributed by atoms with van der Waals surface area (Å²) < 4.78 is 41.7. The zero-order valence-corrected chi connectivity index (χ0v) is 46.5.